The molecule has 0 atom stereocenters. The highest BCUT2D eigenvalue weighted by atomic mass is 15.3. The maximum atomic E-state index is 4.56. The van der Waals surface area contributed by atoms with Crippen molar-refractivity contribution in [2.24, 2.45) is 5.92 Å². The lowest BCUT2D eigenvalue weighted by atomic mass is 9.96. The van der Waals surface area contributed by atoms with E-state index in [-0.39, 0.29) is 0 Å². The van der Waals surface area contributed by atoms with Gasteiger partial charge in [-0.2, -0.15) is 0 Å². The lowest BCUT2D eigenvalue weighted by Crippen LogP contribution is -2.48. The van der Waals surface area contributed by atoms with Crippen LogP contribution in [0.3, 0.4) is 0 Å². The van der Waals surface area contributed by atoms with Gasteiger partial charge in [-0.05, 0) is 38.9 Å². The van der Waals surface area contributed by atoms with Crippen LogP contribution in [0.25, 0.3) is 11.4 Å². The van der Waals surface area contributed by atoms with E-state index >= 15 is 0 Å². The number of piperidine rings is 1. The molecule has 0 radical (unpaired) electrons. The van der Waals surface area contributed by atoms with Gasteiger partial charge in [-0.25, -0.2) is 9.97 Å². The summed E-state index contributed by atoms with van der Waals surface area (Å²) in [6.07, 6.45) is 6.70. The van der Waals surface area contributed by atoms with E-state index in [2.05, 4.69) is 43.8 Å². The Kier molecular flexibility index (Phi) is 6.12. The summed E-state index contributed by atoms with van der Waals surface area (Å²) in [5.41, 5.74) is 2.28. The molecule has 0 saturated carbocycles. The topological polar surface area (TPSA) is 35.5 Å². The number of aromatic nitrogens is 2. The number of nitrogens with zero attached hydrogens (tertiary/aromatic N) is 5. The van der Waals surface area contributed by atoms with Gasteiger partial charge in [0.2, 0.25) is 0 Å². The number of piperazine rings is 1. The number of likely N-dealkylation sites (tertiary alicyclic amines) is 1. The Balaban J connectivity index is 1.23. The molecule has 0 unspecified atom stereocenters. The minimum atomic E-state index is 0.808. The fourth-order valence-electron chi connectivity index (χ4n) is 4.17. The number of hydrogen-bond donors (Lipinski definition) is 0. The summed E-state index contributed by atoms with van der Waals surface area (Å²) < 4.78 is 0. The zero-order chi connectivity index (χ0) is 18.5. The van der Waals surface area contributed by atoms with Crippen molar-refractivity contribution in [1.82, 2.24) is 24.7 Å². The van der Waals surface area contributed by atoms with Crippen molar-refractivity contribution in [3.05, 3.63) is 48.3 Å². The van der Waals surface area contributed by atoms with Gasteiger partial charge in [0.15, 0.2) is 5.82 Å². The fraction of sp³-hybridized carbons (Fsp3) is 0.545. The third-order valence-electron chi connectivity index (χ3n) is 5.96. The smallest absolute Gasteiger partial charge is 0.159 e. The number of benzene rings is 1. The highest BCUT2D eigenvalue weighted by Crippen LogP contribution is 2.19. The molecule has 3 heterocycles. The van der Waals surface area contributed by atoms with Crippen molar-refractivity contribution in [2.75, 3.05) is 52.9 Å². The molecule has 1 aromatic heterocycles. The first-order valence-corrected chi connectivity index (χ1v) is 10.3. The minimum absolute atomic E-state index is 0.808. The Labute approximate surface area is 163 Å². The predicted molar refractivity (Wildman–Crippen MR) is 109 cm³/mol. The highest BCUT2D eigenvalue weighted by Gasteiger charge is 2.22. The van der Waals surface area contributed by atoms with Gasteiger partial charge in [0.05, 0.1) is 0 Å². The molecule has 4 rings (SSSR count). The first-order chi connectivity index (χ1) is 13.3. The fourth-order valence-corrected chi connectivity index (χ4v) is 4.17. The molecule has 27 heavy (non-hydrogen) atoms. The molecular weight excluding hydrogens is 334 g/mol. The monoisotopic (exact) mass is 365 g/mol. The Morgan fingerprint density at radius 3 is 2.15 bits per heavy atom. The summed E-state index contributed by atoms with van der Waals surface area (Å²) >= 11 is 0. The van der Waals surface area contributed by atoms with Gasteiger partial charge < -0.3 is 9.80 Å². The van der Waals surface area contributed by atoms with E-state index in [1.54, 1.807) is 0 Å². The van der Waals surface area contributed by atoms with E-state index in [1.807, 2.05) is 30.6 Å². The molecule has 0 aliphatic carbocycles. The molecule has 0 N–H and O–H groups in total. The number of rotatable bonds is 5. The van der Waals surface area contributed by atoms with Crippen LogP contribution < -0.4 is 0 Å². The predicted octanol–water partition coefficient (Wildman–Crippen LogP) is 2.60. The quantitative estimate of drug-likeness (QED) is 0.814. The molecule has 0 amide bonds. The Morgan fingerprint density at radius 2 is 1.48 bits per heavy atom. The molecule has 0 bridgehead atoms. The van der Waals surface area contributed by atoms with Crippen LogP contribution in [0.15, 0.2) is 42.7 Å². The summed E-state index contributed by atoms with van der Waals surface area (Å²) in [7, 11) is 2.24. The Morgan fingerprint density at radius 1 is 0.852 bits per heavy atom. The molecule has 5 heteroatoms. The lowest BCUT2D eigenvalue weighted by Gasteiger charge is -2.38. The highest BCUT2D eigenvalue weighted by molar-refractivity contribution is 5.53. The normalized spacial score (nSPS) is 20.8. The molecular formula is C22H31N5. The molecule has 2 aliphatic heterocycles. The maximum Gasteiger partial charge on any atom is 0.159 e. The number of hydrogen-bond acceptors (Lipinski definition) is 5. The van der Waals surface area contributed by atoms with Crippen molar-refractivity contribution in [3.63, 3.8) is 0 Å². The average molecular weight is 366 g/mol. The van der Waals surface area contributed by atoms with E-state index in [9.17, 15) is 0 Å². The van der Waals surface area contributed by atoms with Gasteiger partial charge in [0.1, 0.15) is 0 Å². The zero-order valence-electron chi connectivity index (χ0n) is 16.4. The first kappa shape index (κ1) is 18.5. The summed E-state index contributed by atoms with van der Waals surface area (Å²) in [4.78, 5) is 16.8. The van der Waals surface area contributed by atoms with Crippen LogP contribution in [0.4, 0.5) is 0 Å². The minimum Gasteiger partial charge on any atom is -0.306 e. The molecule has 1 aromatic carbocycles. The second-order valence-corrected chi connectivity index (χ2v) is 8.10. The Bertz CT molecular complexity index is 686. The standard InChI is InChI=1S/C22H31N5/c1-25-9-7-19(8-10-25)17-26-11-13-27(14-12-26)18-20-15-23-22(24-16-20)21-5-3-2-4-6-21/h2-6,15-16,19H,7-14,17-18H2,1H3. The van der Waals surface area contributed by atoms with Gasteiger partial charge >= 0.3 is 0 Å². The van der Waals surface area contributed by atoms with E-state index in [0.29, 0.717) is 0 Å². The molecule has 2 aliphatic rings. The SMILES string of the molecule is CN1CCC(CN2CCN(Cc3cnc(-c4ccccc4)nc3)CC2)CC1. The Hall–Kier alpha value is -1.82. The van der Waals surface area contributed by atoms with Crippen LogP contribution in [-0.2, 0) is 6.54 Å². The van der Waals surface area contributed by atoms with E-state index in [1.165, 1.54) is 51.1 Å². The largest absolute Gasteiger partial charge is 0.306 e. The van der Waals surface area contributed by atoms with Gasteiger partial charge in [-0.15, -0.1) is 0 Å². The third-order valence-corrected chi connectivity index (χ3v) is 5.96. The second-order valence-electron chi connectivity index (χ2n) is 8.10. The molecule has 144 valence electrons. The molecule has 2 saturated heterocycles. The van der Waals surface area contributed by atoms with Crippen molar-refractivity contribution in [1.29, 1.82) is 0 Å². The van der Waals surface area contributed by atoms with Gasteiger partial charge in [-0.3, -0.25) is 4.90 Å². The van der Waals surface area contributed by atoms with Crippen LogP contribution in [0.5, 0.6) is 0 Å². The lowest BCUT2D eigenvalue weighted by molar-refractivity contribution is 0.0963. The molecule has 2 fully saturated rings. The van der Waals surface area contributed by atoms with Crippen molar-refractivity contribution in [3.8, 4) is 11.4 Å². The van der Waals surface area contributed by atoms with Crippen LogP contribution in [0.2, 0.25) is 0 Å². The van der Waals surface area contributed by atoms with E-state index < -0.39 is 0 Å². The summed E-state index contributed by atoms with van der Waals surface area (Å²) in [5, 5.41) is 0. The van der Waals surface area contributed by atoms with Gasteiger partial charge in [0, 0.05) is 62.8 Å². The first-order valence-electron chi connectivity index (χ1n) is 10.3. The van der Waals surface area contributed by atoms with Crippen molar-refractivity contribution < 1.29 is 0 Å². The molecule has 0 spiro atoms. The van der Waals surface area contributed by atoms with Crippen LogP contribution in [0.1, 0.15) is 18.4 Å². The summed E-state index contributed by atoms with van der Waals surface area (Å²) in [5.74, 6) is 1.70. The summed E-state index contributed by atoms with van der Waals surface area (Å²) in [6.45, 7) is 9.45. The third kappa shape index (κ3) is 5.12. The van der Waals surface area contributed by atoms with Crippen LogP contribution >= 0.6 is 0 Å². The average Bonchev–Trinajstić information content (AvgIpc) is 2.72. The summed E-state index contributed by atoms with van der Waals surface area (Å²) in [6, 6.07) is 10.2. The van der Waals surface area contributed by atoms with Crippen LogP contribution in [-0.4, -0.2) is 77.5 Å². The van der Waals surface area contributed by atoms with Crippen molar-refractivity contribution >= 4 is 0 Å². The van der Waals surface area contributed by atoms with Gasteiger partial charge in [0.25, 0.3) is 0 Å². The van der Waals surface area contributed by atoms with Gasteiger partial charge in [-0.1, -0.05) is 30.3 Å². The van der Waals surface area contributed by atoms with Crippen LogP contribution in [0, 0.1) is 5.92 Å². The molecule has 2 aromatic rings. The molecule has 5 nitrogen and oxygen atoms in total. The zero-order valence-corrected chi connectivity index (χ0v) is 16.4. The second kappa shape index (κ2) is 8.91. The maximum absolute atomic E-state index is 4.56. The van der Waals surface area contributed by atoms with E-state index in [0.717, 1.165) is 36.9 Å². The van der Waals surface area contributed by atoms with E-state index in [4.69, 9.17) is 0 Å². The van der Waals surface area contributed by atoms with Crippen molar-refractivity contribution in [2.45, 2.75) is 19.4 Å².